The lowest BCUT2D eigenvalue weighted by Crippen LogP contribution is -2.53. The molecule has 1 aliphatic heterocycles. The van der Waals surface area contributed by atoms with Gasteiger partial charge in [0, 0.05) is 13.0 Å². The van der Waals surface area contributed by atoms with E-state index in [9.17, 15) is 19.1 Å². The molecule has 21 heavy (non-hydrogen) atoms. The minimum Gasteiger partial charge on any atom is -0.479 e. The molecule has 114 valence electrons. The Morgan fingerprint density at radius 1 is 1.33 bits per heavy atom. The molecule has 0 radical (unpaired) electrons. The number of carboxylic acid groups (broad SMARTS) is 1. The highest BCUT2D eigenvalue weighted by molar-refractivity contribution is 5.85. The van der Waals surface area contributed by atoms with E-state index in [2.05, 4.69) is 0 Å². The molecule has 1 heterocycles. The largest absolute Gasteiger partial charge is 0.479 e. The van der Waals surface area contributed by atoms with E-state index in [4.69, 9.17) is 4.74 Å². The molecule has 0 spiro atoms. The van der Waals surface area contributed by atoms with Crippen molar-refractivity contribution < 1.29 is 23.8 Å². The average molecular weight is 295 g/mol. The molecule has 0 aromatic heterocycles. The fourth-order valence-corrected chi connectivity index (χ4v) is 2.69. The van der Waals surface area contributed by atoms with Gasteiger partial charge in [-0.1, -0.05) is 30.3 Å². The molecule has 0 bridgehead atoms. The van der Waals surface area contributed by atoms with Gasteiger partial charge in [0.2, 0.25) is 0 Å². The summed E-state index contributed by atoms with van der Waals surface area (Å²) in [5.41, 5.74) is -0.654. The summed E-state index contributed by atoms with van der Waals surface area (Å²) in [7, 11) is 0. The molecule has 1 fully saturated rings. The molecule has 2 rings (SSSR count). The fraction of sp³-hybridized carbons (Fsp3) is 0.467. The third kappa shape index (κ3) is 3.15. The molecule has 1 amide bonds. The van der Waals surface area contributed by atoms with Gasteiger partial charge in [-0.2, -0.15) is 0 Å². The summed E-state index contributed by atoms with van der Waals surface area (Å²) < 4.78 is 17.9. The second-order valence-corrected chi connectivity index (χ2v) is 5.07. The van der Waals surface area contributed by atoms with Crippen LogP contribution in [0.3, 0.4) is 0 Å². The van der Waals surface area contributed by atoms with Crippen LogP contribution in [0.25, 0.3) is 0 Å². The molecule has 1 atom stereocenters. The van der Waals surface area contributed by atoms with Gasteiger partial charge in [-0.15, -0.1) is 0 Å². The lowest BCUT2D eigenvalue weighted by Gasteiger charge is -2.33. The number of nitrogens with zero attached hydrogens (tertiary/aromatic N) is 1. The highest BCUT2D eigenvalue weighted by atomic mass is 19.1. The molecule has 1 unspecified atom stereocenters. The van der Waals surface area contributed by atoms with Crippen molar-refractivity contribution in [3.05, 3.63) is 35.9 Å². The molecule has 5 nitrogen and oxygen atoms in total. The van der Waals surface area contributed by atoms with E-state index in [1.165, 1.54) is 0 Å². The van der Waals surface area contributed by atoms with E-state index in [0.717, 1.165) is 10.5 Å². The van der Waals surface area contributed by atoms with E-state index in [0.29, 0.717) is 6.42 Å². The number of benzene rings is 1. The number of halogens is 1. The van der Waals surface area contributed by atoms with E-state index >= 15 is 0 Å². The molecule has 1 aromatic rings. The van der Waals surface area contributed by atoms with Gasteiger partial charge in [0.25, 0.3) is 0 Å². The van der Waals surface area contributed by atoms with Crippen LogP contribution in [-0.4, -0.2) is 40.8 Å². The minimum atomic E-state index is -1.47. The second kappa shape index (κ2) is 6.56. The summed E-state index contributed by atoms with van der Waals surface area (Å²) in [5.74, 6) is -1.17. The van der Waals surface area contributed by atoms with E-state index in [1.807, 2.05) is 30.3 Å². The topological polar surface area (TPSA) is 66.8 Å². The third-order valence-electron chi connectivity index (χ3n) is 3.82. The predicted octanol–water partition coefficient (Wildman–Crippen LogP) is 2.60. The number of ether oxygens (including phenoxy) is 1. The van der Waals surface area contributed by atoms with Gasteiger partial charge < -0.3 is 9.84 Å². The maximum atomic E-state index is 12.7. The highest BCUT2D eigenvalue weighted by Gasteiger charge is 2.50. The Labute approximate surface area is 122 Å². The van der Waals surface area contributed by atoms with Crippen LogP contribution in [0.15, 0.2) is 30.3 Å². The number of alkyl halides is 1. The van der Waals surface area contributed by atoms with Crippen LogP contribution in [0, 0.1) is 0 Å². The standard InChI is InChI=1S/C15H18FNO4/c16-9-8-15(13(18)19)7-4-10-17(15)14(20)21-11-12-5-2-1-3-6-12/h1-3,5-6H,4,7-11H2,(H,18,19). The monoisotopic (exact) mass is 295 g/mol. The summed E-state index contributed by atoms with van der Waals surface area (Å²) in [6, 6.07) is 9.11. The SMILES string of the molecule is O=C(OCc1ccccc1)N1CCCC1(CCF)C(=O)O. The smallest absolute Gasteiger partial charge is 0.411 e. The lowest BCUT2D eigenvalue weighted by atomic mass is 9.93. The summed E-state index contributed by atoms with van der Waals surface area (Å²) in [6.45, 7) is -0.434. The molecule has 0 aliphatic carbocycles. The molecule has 1 saturated heterocycles. The van der Waals surface area contributed by atoms with Gasteiger partial charge in [-0.05, 0) is 18.4 Å². The maximum Gasteiger partial charge on any atom is 0.411 e. The Bertz CT molecular complexity index is 508. The quantitative estimate of drug-likeness (QED) is 0.906. The molecular weight excluding hydrogens is 277 g/mol. The number of hydrogen-bond acceptors (Lipinski definition) is 3. The van der Waals surface area contributed by atoms with Gasteiger partial charge in [0.05, 0.1) is 6.67 Å². The Balaban J connectivity index is 2.05. The first-order valence-corrected chi connectivity index (χ1v) is 6.88. The van der Waals surface area contributed by atoms with Crippen LogP contribution in [0.2, 0.25) is 0 Å². The second-order valence-electron chi connectivity index (χ2n) is 5.07. The molecule has 6 heteroatoms. The van der Waals surface area contributed by atoms with E-state index < -0.39 is 24.3 Å². The van der Waals surface area contributed by atoms with Gasteiger partial charge in [-0.25, -0.2) is 9.59 Å². The Morgan fingerprint density at radius 3 is 2.67 bits per heavy atom. The third-order valence-corrected chi connectivity index (χ3v) is 3.82. The van der Waals surface area contributed by atoms with Crippen molar-refractivity contribution in [3.8, 4) is 0 Å². The van der Waals surface area contributed by atoms with Crippen molar-refractivity contribution in [2.24, 2.45) is 0 Å². The molecule has 1 aromatic carbocycles. The van der Waals surface area contributed by atoms with Gasteiger partial charge in [0.1, 0.15) is 12.1 Å². The molecular formula is C15H18FNO4. The Hall–Kier alpha value is -2.11. The highest BCUT2D eigenvalue weighted by Crippen LogP contribution is 2.33. The van der Waals surface area contributed by atoms with Crippen LogP contribution >= 0.6 is 0 Å². The first-order valence-electron chi connectivity index (χ1n) is 6.88. The number of aliphatic carboxylic acids is 1. The van der Waals surface area contributed by atoms with Crippen molar-refractivity contribution in [2.45, 2.75) is 31.4 Å². The number of hydrogen-bond donors (Lipinski definition) is 1. The fourth-order valence-electron chi connectivity index (χ4n) is 2.69. The average Bonchev–Trinajstić information content (AvgIpc) is 2.91. The van der Waals surface area contributed by atoms with Crippen LogP contribution in [-0.2, 0) is 16.1 Å². The zero-order valence-corrected chi connectivity index (χ0v) is 11.6. The van der Waals surface area contributed by atoms with E-state index in [1.54, 1.807) is 0 Å². The molecule has 0 saturated carbocycles. The first kappa shape index (κ1) is 15.3. The van der Waals surface area contributed by atoms with Crippen LogP contribution in [0.4, 0.5) is 9.18 Å². The van der Waals surface area contributed by atoms with Crippen LogP contribution in [0.5, 0.6) is 0 Å². The zero-order chi connectivity index (χ0) is 15.3. The van der Waals surface area contributed by atoms with Crippen molar-refractivity contribution in [3.63, 3.8) is 0 Å². The minimum absolute atomic E-state index is 0.0709. The van der Waals surface area contributed by atoms with E-state index in [-0.39, 0.29) is 26.0 Å². The number of carbonyl (C=O) groups is 2. The Morgan fingerprint density at radius 2 is 2.05 bits per heavy atom. The summed E-state index contributed by atoms with van der Waals surface area (Å²) in [4.78, 5) is 24.8. The molecule has 1 N–H and O–H groups in total. The summed E-state index contributed by atoms with van der Waals surface area (Å²) >= 11 is 0. The number of likely N-dealkylation sites (tertiary alicyclic amines) is 1. The predicted molar refractivity (Wildman–Crippen MR) is 73.5 cm³/mol. The van der Waals surface area contributed by atoms with Gasteiger partial charge in [0.15, 0.2) is 0 Å². The molecule has 1 aliphatic rings. The number of amides is 1. The van der Waals surface area contributed by atoms with Crippen molar-refractivity contribution in [2.75, 3.05) is 13.2 Å². The van der Waals surface area contributed by atoms with Crippen molar-refractivity contribution in [1.29, 1.82) is 0 Å². The van der Waals surface area contributed by atoms with Crippen molar-refractivity contribution >= 4 is 12.1 Å². The van der Waals surface area contributed by atoms with Crippen LogP contribution in [0.1, 0.15) is 24.8 Å². The number of rotatable bonds is 5. The zero-order valence-electron chi connectivity index (χ0n) is 11.6. The summed E-state index contributed by atoms with van der Waals surface area (Å²) in [5, 5.41) is 9.38. The number of carbonyl (C=O) groups excluding carboxylic acids is 1. The summed E-state index contributed by atoms with van der Waals surface area (Å²) in [6.07, 6.45) is -0.116. The normalized spacial score (nSPS) is 21.3. The maximum absolute atomic E-state index is 12.7. The van der Waals surface area contributed by atoms with Gasteiger partial charge in [-0.3, -0.25) is 9.29 Å². The van der Waals surface area contributed by atoms with Crippen molar-refractivity contribution in [1.82, 2.24) is 4.90 Å². The van der Waals surface area contributed by atoms with Gasteiger partial charge >= 0.3 is 12.1 Å². The van der Waals surface area contributed by atoms with Crippen LogP contribution < -0.4 is 0 Å². The first-order chi connectivity index (χ1) is 10.1. The Kier molecular flexibility index (Phi) is 4.77. The number of carboxylic acids is 1. The lowest BCUT2D eigenvalue weighted by molar-refractivity contribution is -0.149.